The highest BCUT2D eigenvalue weighted by molar-refractivity contribution is 6.31. The summed E-state index contributed by atoms with van der Waals surface area (Å²) in [6, 6.07) is 17.8. The molecule has 0 atom stereocenters. The summed E-state index contributed by atoms with van der Waals surface area (Å²) in [5.41, 5.74) is 6.27. The lowest BCUT2D eigenvalue weighted by Gasteiger charge is -2.32. The highest BCUT2D eigenvalue weighted by Crippen LogP contribution is 2.20. The molecule has 4 rings (SSSR count). The lowest BCUT2D eigenvalue weighted by atomic mass is 10.0. The summed E-state index contributed by atoms with van der Waals surface area (Å²) in [5, 5.41) is 9.15. The first-order chi connectivity index (χ1) is 14.6. The highest BCUT2D eigenvalue weighted by atomic mass is 35.5. The molecule has 1 aromatic heterocycles. The van der Waals surface area contributed by atoms with E-state index in [1.807, 2.05) is 6.20 Å². The zero-order chi connectivity index (χ0) is 20.9. The average Bonchev–Trinajstić information content (AvgIpc) is 3.19. The van der Waals surface area contributed by atoms with Gasteiger partial charge in [-0.15, -0.1) is 0 Å². The van der Waals surface area contributed by atoms with E-state index in [1.54, 1.807) is 0 Å². The molecule has 1 aliphatic rings. The van der Waals surface area contributed by atoms with Gasteiger partial charge < -0.3 is 5.32 Å². The molecule has 0 aliphatic carbocycles. The van der Waals surface area contributed by atoms with Crippen LogP contribution in [0.2, 0.25) is 5.02 Å². The smallest absolute Gasteiger partial charge is 0.0663 e. The number of benzene rings is 2. The van der Waals surface area contributed by atoms with E-state index < -0.39 is 0 Å². The maximum Gasteiger partial charge on any atom is 0.0663 e. The van der Waals surface area contributed by atoms with Crippen LogP contribution in [0.25, 0.3) is 0 Å². The summed E-state index contributed by atoms with van der Waals surface area (Å²) in [7, 11) is 0. The van der Waals surface area contributed by atoms with Gasteiger partial charge in [0.2, 0.25) is 0 Å². The molecule has 30 heavy (non-hydrogen) atoms. The SMILES string of the molecule is Cc1ccc(Cn2nccc2CNC2CCN(Cc3ccc(C)c(Cl)c3)CC2)cc1. The zero-order valence-corrected chi connectivity index (χ0v) is 18.7. The number of piperidine rings is 1. The molecule has 0 radical (unpaired) electrons. The Morgan fingerprint density at radius 1 is 0.967 bits per heavy atom. The molecule has 0 unspecified atom stereocenters. The van der Waals surface area contributed by atoms with Crippen molar-refractivity contribution in [3.63, 3.8) is 0 Å². The third-order valence-electron chi connectivity index (χ3n) is 6.06. The lowest BCUT2D eigenvalue weighted by Crippen LogP contribution is -2.42. The topological polar surface area (TPSA) is 33.1 Å². The zero-order valence-electron chi connectivity index (χ0n) is 17.9. The first-order valence-electron chi connectivity index (χ1n) is 10.8. The summed E-state index contributed by atoms with van der Waals surface area (Å²) in [5.74, 6) is 0. The van der Waals surface area contributed by atoms with Gasteiger partial charge in [0, 0.05) is 30.4 Å². The predicted molar refractivity (Wildman–Crippen MR) is 124 cm³/mol. The summed E-state index contributed by atoms with van der Waals surface area (Å²) in [4.78, 5) is 2.53. The van der Waals surface area contributed by atoms with Gasteiger partial charge in [-0.2, -0.15) is 5.10 Å². The maximum atomic E-state index is 6.28. The van der Waals surface area contributed by atoms with Gasteiger partial charge >= 0.3 is 0 Å². The molecule has 3 aromatic rings. The van der Waals surface area contributed by atoms with Crippen LogP contribution >= 0.6 is 11.6 Å². The number of aromatic nitrogens is 2. The van der Waals surface area contributed by atoms with Gasteiger partial charge in [-0.3, -0.25) is 9.58 Å². The van der Waals surface area contributed by atoms with Crippen molar-refractivity contribution in [3.05, 3.63) is 87.7 Å². The number of nitrogens with one attached hydrogen (secondary N) is 1. The summed E-state index contributed by atoms with van der Waals surface area (Å²) >= 11 is 6.28. The first kappa shape index (κ1) is 21.1. The molecule has 0 amide bonds. The molecular formula is C25H31ClN4. The van der Waals surface area contributed by atoms with Crippen molar-refractivity contribution in [2.75, 3.05) is 13.1 Å². The van der Waals surface area contributed by atoms with Crippen LogP contribution in [-0.2, 0) is 19.6 Å². The largest absolute Gasteiger partial charge is 0.308 e. The van der Waals surface area contributed by atoms with Crippen molar-refractivity contribution in [1.82, 2.24) is 20.0 Å². The third-order valence-corrected chi connectivity index (χ3v) is 6.47. The number of halogens is 1. The van der Waals surface area contributed by atoms with Gasteiger partial charge in [0.25, 0.3) is 0 Å². The van der Waals surface area contributed by atoms with E-state index in [0.29, 0.717) is 6.04 Å². The van der Waals surface area contributed by atoms with Crippen LogP contribution in [0.3, 0.4) is 0 Å². The second-order valence-corrected chi connectivity index (χ2v) is 8.89. The second-order valence-electron chi connectivity index (χ2n) is 8.48. The van der Waals surface area contributed by atoms with E-state index in [0.717, 1.165) is 43.3 Å². The lowest BCUT2D eigenvalue weighted by molar-refractivity contribution is 0.189. The Hall–Kier alpha value is -2.14. The fourth-order valence-electron chi connectivity index (χ4n) is 4.06. The van der Waals surface area contributed by atoms with Gasteiger partial charge in [0.05, 0.1) is 12.2 Å². The van der Waals surface area contributed by atoms with Gasteiger partial charge in [0.1, 0.15) is 0 Å². The number of likely N-dealkylation sites (tertiary alicyclic amines) is 1. The second kappa shape index (κ2) is 9.78. The molecule has 5 heteroatoms. The summed E-state index contributed by atoms with van der Waals surface area (Å²) < 4.78 is 2.11. The molecule has 0 bridgehead atoms. The number of rotatable bonds is 7. The summed E-state index contributed by atoms with van der Waals surface area (Å²) in [6.07, 6.45) is 4.25. The van der Waals surface area contributed by atoms with Crippen molar-refractivity contribution in [2.45, 2.75) is 52.4 Å². The molecule has 1 fully saturated rings. The summed E-state index contributed by atoms with van der Waals surface area (Å²) in [6.45, 7) is 9.07. The average molecular weight is 423 g/mol. The number of nitrogens with zero attached hydrogens (tertiary/aromatic N) is 3. The van der Waals surface area contributed by atoms with E-state index in [2.05, 4.69) is 82.4 Å². The number of hydrogen-bond acceptors (Lipinski definition) is 3. The predicted octanol–water partition coefficient (Wildman–Crippen LogP) is 4.96. The maximum absolute atomic E-state index is 6.28. The quantitative estimate of drug-likeness (QED) is 0.584. The van der Waals surface area contributed by atoms with Crippen LogP contribution < -0.4 is 5.32 Å². The van der Waals surface area contributed by atoms with Gasteiger partial charge in [-0.1, -0.05) is 53.6 Å². The van der Waals surface area contributed by atoms with Crippen molar-refractivity contribution in [2.24, 2.45) is 0 Å². The van der Waals surface area contributed by atoms with E-state index in [1.165, 1.54) is 35.2 Å². The van der Waals surface area contributed by atoms with Crippen molar-refractivity contribution in [3.8, 4) is 0 Å². The van der Waals surface area contributed by atoms with E-state index in [4.69, 9.17) is 11.6 Å². The Kier molecular flexibility index (Phi) is 6.88. The molecule has 1 saturated heterocycles. The monoisotopic (exact) mass is 422 g/mol. The standard InChI is InChI=1S/C25H31ClN4/c1-19-3-6-21(7-4-19)18-30-24(9-12-28-30)16-27-23-10-13-29(14-11-23)17-22-8-5-20(2)25(26)15-22/h3-9,12,15,23,27H,10-11,13-14,16-18H2,1-2H3. The Morgan fingerprint density at radius 2 is 1.70 bits per heavy atom. The molecular weight excluding hydrogens is 392 g/mol. The molecule has 2 aromatic carbocycles. The Labute approximate surface area is 184 Å². The van der Waals surface area contributed by atoms with Crippen LogP contribution in [0.4, 0.5) is 0 Å². The van der Waals surface area contributed by atoms with E-state index >= 15 is 0 Å². The van der Waals surface area contributed by atoms with Crippen molar-refractivity contribution in [1.29, 1.82) is 0 Å². The van der Waals surface area contributed by atoms with Crippen LogP contribution in [0, 0.1) is 13.8 Å². The Bertz CT molecular complexity index is 956. The minimum atomic E-state index is 0.561. The first-order valence-corrected chi connectivity index (χ1v) is 11.2. The number of aryl methyl sites for hydroxylation is 2. The third kappa shape index (κ3) is 5.51. The van der Waals surface area contributed by atoms with E-state index in [9.17, 15) is 0 Å². The minimum absolute atomic E-state index is 0.561. The fourth-order valence-corrected chi connectivity index (χ4v) is 4.26. The van der Waals surface area contributed by atoms with Crippen molar-refractivity contribution < 1.29 is 0 Å². The molecule has 1 aliphatic heterocycles. The number of hydrogen-bond donors (Lipinski definition) is 1. The van der Waals surface area contributed by atoms with E-state index in [-0.39, 0.29) is 0 Å². The molecule has 158 valence electrons. The van der Waals surface area contributed by atoms with Gasteiger partial charge in [-0.25, -0.2) is 0 Å². The van der Waals surface area contributed by atoms with Crippen LogP contribution in [0.15, 0.2) is 54.7 Å². The Balaban J connectivity index is 1.25. The molecule has 0 spiro atoms. The molecule has 2 heterocycles. The van der Waals surface area contributed by atoms with Crippen LogP contribution in [0.5, 0.6) is 0 Å². The van der Waals surface area contributed by atoms with Crippen molar-refractivity contribution >= 4 is 11.6 Å². The van der Waals surface area contributed by atoms with Gasteiger partial charge in [0.15, 0.2) is 0 Å². The molecule has 0 saturated carbocycles. The Morgan fingerprint density at radius 3 is 2.43 bits per heavy atom. The van der Waals surface area contributed by atoms with Gasteiger partial charge in [-0.05, 0) is 68.6 Å². The fraction of sp³-hybridized carbons (Fsp3) is 0.400. The van der Waals surface area contributed by atoms with Crippen LogP contribution in [-0.4, -0.2) is 33.8 Å². The highest BCUT2D eigenvalue weighted by Gasteiger charge is 2.19. The van der Waals surface area contributed by atoms with Crippen LogP contribution in [0.1, 0.15) is 40.8 Å². The molecule has 1 N–H and O–H groups in total. The minimum Gasteiger partial charge on any atom is -0.308 e. The molecule has 4 nitrogen and oxygen atoms in total. The normalized spacial score (nSPS) is 15.6.